The Labute approximate surface area is 116 Å². The van der Waals surface area contributed by atoms with Gasteiger partial charge in [-0.2, -0.15) is 9.97 Å². The van der Waals surface area contributed by atoms with Gasteiger partial charge in [0, 0.05) is 19.7 Å². The van der Waals surface area contributed by atoms with E-state index in [1.807, 2.05) is 11.5 Å². The highest BCUT2D eigenvalue weighted by Crippen LogP contribution is 2.21. The van der Waals surface area contributed by atoms with E-state index in [4.69, 9.17) is 16.7 Å². The first kappa shape index (κ1) is 14.0. The lowest BCUT2D eigenvalue weighted by Gasteiger charge is -2.08. The van der Waals surface area contributed by atoms with Crippen molar-refractivity contribution in [2.45, 2.75) is 32.7 Å². The molecule has 0 unspecified atom stereocenters. The van der Waals surface area contributed by atoms with E-state index in [2.05, 4.69) is 20.3 Å². The van der Waals surface area contributed by atoms with E-state index in [0.29, 0.717) is 5.65 Å². The molecule has 2 aromatic heterocycles. The SMILES string of the molecule is CCn1cnc2nc(Cl)nc(NCCCCCO)c21. The lowest BCUT2D eigenvalue weighted by molar-refractivity contribution is 0.283. The molecule has 6 nitrogen and oxygen atoms in total. The zero-order valence-electron chi connectivity index (χ0n) is 10.9. The molecule has 0 fully saturated rings. The second-order valence-electron chi connectivity index (χ2n) is 4.26. The molecule has 2 rings (SSSR count). The Bertz CT molecular complexity index is 542. The van der Waals surface area contributed by atoms with Crippen LogP contribution in [0.5, 0.6) is 0 Å². The standard InChI is InChI=1S/C12H18ClN5O/c1-2-18-8-15-11-9(18)10(16-12(13)17-11)14-6-4-3-5-7-19/h8,19H,2-7H2,1H3,(H,14,16,17). The van der Waals surface area contributed by atoms with E-state index in [1.165, 1.54) is 0 Å². The Kier molecular flexibility index (Phi) is 4.93. The average Bonchev–Trinajstić information content (AvgIpc) is 2.81. The third kappa shape index (κ3) is 3.33. The molecule has 0 amide bonds. The predicted octanol–water partition coefficient (Wildman–Crippen LogP) is 2.07. The second kappa shape index (κ2) is 6.68. The maximum Gasteiger partial charge on any atom is 0.226 e. The molecule has 0 radical (unpaired) electrons. The van der Waals surface area contributed by atoms with Gasteiger partial charge in [0.15, 0.2) is 11.5 Å². The van der Waals surface area contributed by atoms with Crippen LogP contribution in [0.2, 0.25) is 5.28 Å². The van der Waals surface area contributed by atoms with E-state index >= 15 is 0 Å². The van der Waals surface area contributed by atoms with Gasteiger partial charge < -0.3 is 15.0 Å². The molecule has 0 saturated carbocycles. The summed E-state index contributed by atoms with van der Waals surface area (Å²) in [6.45, 7) is 3.88. The number of hydrogen-bond donors (Lipinski definition) is 2. The maximum atomic E-state index is 8.73. The second-order valence-corrected chi connectivity index (χ2v) is 4.59. The minimum absolute atomic E-state index is 0.201. The summed E-state index contributed by atoms with van der Waals surface area (Å²) in [4.78, 5) is 12.6. The minimum Gasteiger partial charge on any atom is -0.396 e. The van der Waals surface area contributed by atoms with Crippen LogP contribution in [0.25, 0.3) is 11.2 Å². The summed E-state index contributed by atoms with van der Waals surface area (Å²) in [5.41, 5.74) is 1.49. The van der Waals surface area contributed by atoms with Crippen LogP contribution in [-0.2, 0) is 6.54 Å². The fourth-order valence-corrected chi connectivity index (χ4v) is 2.10. The van der Waals surface area contributed by atoms with Gasteiger partial charge in [0.05, 0.1) is 6.33 Å². The van der Waals surface area contributed by atoms with Crippen molar-refractivity contribution >= 4 is 28.6 Å². The lowest BCUT2D eigenvalue weighted by atomic mass is 10.2. The Morgan fingerprint density at radius 2 is 2.16 bits per heavy atom. The van der Waals surface area contributed by atoms with Crippen LogP contribution in [-0.4, -0.2) is 37.8 Å². The fraction of sp³-hybridized carbons (Fsp3) is 0.583. The molecule has 0 atom stereocenters. The summed E-state index contributed by atoms with van der Waals surface area (Å²) in [6.07, 6.45) is 4.53. The van der Waals surface area contributed by atoms with E-state index in [0.717, 1.165) is 43.7 Å². The van der Waals surface area contributed by atoms with Gasteiger partial charge in [0.2, 0.25) is 5.28 Å². The summed E-state index contributed by atoms with van der Waals surface area (Å²) < 4.78 is 1.99. The number of nitrogens with zero attached hydrogens (tertiary/aromatic N) is 4. The van der Waals surface area contributed by atoms with Gasteiger partial charge >= 0.3 is 0 Å². The van der Waals surface area contributed by atoms with Crippen molar-refractivity contribution in [3.8, 4) is 0 Å². The monoisotopic (exact) mass is 283 g/mol. The number of imidazole rings is 1. The van der Waals surface area contributed by atoms with Crippen molar-refractivity contribution in [3.63, 3.8) is 0 Å². The van der Waals surface area contributed by atoms with Crippen LogP contribution in [0.1, 0.15) is 26.2 Å². The summed E-state index contributed by atoms with van der Waals surface area (Å²) >= 11 is 5.89. The van der Waals surface area contributed by atoms with Crippen molar-refractivity contribution in [1.29, 1.82) is 0 Å². The Hall–Kier alpha value is -1.40. The van der Waals surface area contributed by atoms with Gasteiger partial charge in [-0.05, 0) is 37.8 Å². The number of fused-ring (bicyclic) bond motifs is 1. The largest absolute Gasteiger partial charge is 0.396 e. The van der Waals surface area contributed by atoms with E-state index in [1.54, 1.807) is 6.33 Å². The highest BCUT2D eigenvalue weighted by molar-refractivity contribution is 6.28. The number of unbranched alkanes of at least 4 members (excludes halogenated alkanes) is 2. The predicted molar refractivity (Wildman–Crippen MR) is 75.4 cm³/mol. The van der Waals surface area contributed by atoms with Gasteiger partial charge in [0.25, 0.3) is 0 Å². The summed E-state index contributed by atoms with van der Waals surface area (Å²) in [5, 5.41) is 12.2. The smallest absolute Gasteiger partial charge is 0.226 e. The number of halogens is 1. The molecule has 0 bridgehead atoms. The van der Waals surface area contributed by atoms with Gasteiger partial charge in [-0.1, -0.05) is 0 Å². The Morgan fingerprint density at radius 1 is 1.32 bits per heavy atom. The highest BCUT2D eigenvalue weighted by Gasteiger charge is 2.11. The van der Waals surface area contributed by atoms with Crippen LogP contribution in [0.4, 0.5) is 5.82 Å². The van der Waals surface area contributed by atoms with Crippen LogP contribution in [0.15, 0.2) is 6.33 Å². The Balaban J connectivity index is 2.14. The van der Waals surface area contributed by atoms with Gasteiger partial charge in [-0.25, -0.2) is 4.98 Å². The van der Waals surface area contributed by atoms with Crippen LogP contribution < -0.4 is 5.32 Å². The normalized spacial score (nSPS) is 11.1. The van der Waals surface area contributed by atoms with Crippen molar-refractivity contribution in [1.82, 2.24) is 19.5 Å². The quantitative estimate of drug-likeness (QED) is 0.601. The molecular formula is C12H18ClN5O. The van der Waals surface area contributed by atoms with Crippen molar-refractivity contribution in [3.05, 3.63) is 11.6 Å². The van der Waals surface area contributed by atoms with Crippen molar-refractivity contribution in [2.24, 2.45) is 0 Å². The van der Waals surface area contributed by atoms with Gasteiger partial charge in [-0.3, -0.25) is 0 Å². The van der Waals surface area contributed by atoms with E-state index < -0.39 is 0 Å². The minimum atomic E-state index is 0.201. The summed E-state index contributed by atoms with van der Waals surface area (Å²) in [5.74, 6) is 0.721. The topological polar surface area (TPSA) is 75.9 Å². The van der Waals surface area contributed by atoms with Gasteiger partial charge in [0.1, 0.15) is 5.52 Å². The van der Waals surface area contributed by atoms with E-state index in [9.17, 15) is 0 Å². The van der Waals surface area contributed by atoms with Crippen LogP contribution >= 0.6 is 11.6 Å². The number of aliphatic hydroxyl groups excluding tert-OH is 1. The number of aryl methyl sites for hydroxylation is 1. The molecule has 0 spiro atoms. The molecule has 0 aliphatic rings. The highest BCUT2D eigenvalue weighted by atomic mass is 35.5. The average molecular weight is 284 g/mol. The summed E-state index contributed by atoms with van der Waals surface area (Å²) in [7, 11) is 0. The molecule has 2 aromatic rings. The molecule has 2 N–H and O–H groups in total. The van der Waals surface area contributed by atoms with Crippen LogP contribution in [0, 0.1) is 0 Å². The number of rotatable bonds is 7. The lowest BCUT2D eigenvalue weighted by Crippen LogP contribution is -2.07. The molecule has 0 aliphatic carbocycles. The number of nitrogens with one attached hydrogen (secondary N) is 1. The number of aromatic nitrogens is 4. The van der Waals surface area contributed by atoms with Crippen molar-refractivity contribution in [2.75, 3.05) is 18.5 Å². The number of aliphatic hydroxyl groups is 1. The zero-order chi connectivity index (χ0) is 13.7. The molecule has 104 valence electrons. The zero-order valence-corrected chi connectivity index (χ0v) is 11.7. The third-order valence-corrected chi connectivity index (χ3v) is 3.08. The van der Waals surface area contributed by atoms with Gasteiger partial charge in [-0.15, -0.1) is 0 Å². The molecule has 19 heavy (non-hydrogen) atoms. The fourth-order valence-electron chi connectivity index (χ4n) is 1.94. The maximum absolute atomic E-state index is 8.73. The molecular weight excluding hydrogens is 266 g/mol. The summed E-state index contributed by atoms with van der Waals surface area (Å²) in [6, 6.07) is 0. The number of anilines is 1. The first-order valence-electron chi connectivity index (χ1n) is 6.49. The third-order valence-electron chi connectivity index (χ3n) is 2.91. The number of hydrogen-bond acceptors (Lipinski definition) is 5. The first-order chi connectivity index (χ1) is 9.26. The van der Waals surface area contributed by atoms with Crippen LogP contribution in [0.3, 0.4) is 0 Å². The first-order valence-corrected chi connectivity index (χ1v) is 6.87. The molecule has 0 aromatic carbocycles. The Morgan fingerprint density at radius 3 is 2.89 bits per heavy atom. The molecule has 2 heterocycles. The molecule has 0 saturated heterocycles. The van der Waals surface area contributed by atoms with Crippen molar-refractivity contribution < 1.29 is 5.11 Å². The van der Waals surface area contributed by atoms with E-state index in [-0.39, 0.29) is 11.9 Å². The molecule has 7 heteroatoms. The molecule has 0 aliphatic heterocycles.